The number of hydrogen-bond donors (Lipinski definition) is 0. The molecule has 0 N–H and O–H groups in total. The van der Waals surface area contributed by atoms with Gasteiger partial charge in [0.15, 0.2) is 0 Å². The van der Waals surface area contributed by atoms with Gasteiger partial charge in [0.25, 0.3) is 5.91 Å². The van der Waals surface area contributed by atoms with E-state index in [1.165, 1.54) is 0 Å². The number of aryl methyl sites for hydroxylation is 2. The molecule has 0 aliphatic heterocycles. The van der Waals surface area contributed by atoms with Crippen molar-refractivity contribution in [1.29, 1.82) is 5.26 Å². The maximum absolute atomic E-state index is 12.5. The molecular weight excluding hydrogens is 310 g/mol. The molecule has 0 aliphatic carbocycles. The highest BCUT2D eigenvalue weighted by molar-refractivity contribution is 7.98. The lowest BCUT2D eigenvalue weighted by Gasteiger charge is -2.17. The van der Waals surface area contributed by atoms with Gasteiger partial charge in [-0.25, -0.2) is 0 Å². The van der Waals surface area contributed by atoms with Crippen LogP contribution in [0.2, 0.25) is 0 Å². The van der Waals surface area contributed by atoms with E-state index >= 15 is 0 Å². The highest BCUT2D eigenvalue weighted by atomic mass is 32.2. The second-order valence-corrected chi connectivity index (χ2v) is 6.24. The number of nitriles is 1. The molecule has 5 nitrogen and oxygen atoms in total. The van der Waals surface area contributed by atoms with Gasteiger partial charge in [-0.15, -0.1) is 11.8 Å². The molecule has 0 atom stereocenters. The Bertz CT molecular complexity index is 714. The van der Waals surface area contributed by atoms with Crippen molar-refractivity contribution in [2.45, 2.75) is 30.9 Å². The molecule has 0 radical (unpaired) electrons. The predicted octanol–water partition coefficient (Wildman–Crippen LogP) is 3.57. The van der Waals surface area contributed by atoms with Gasteiger partial charge in [-0.3, -0.25) is 4.79 Å². The first-order valence-corrected chi connectivity index (χ1v) is 8.29. The molecule has 2 rings (SSSR count). The molecule has 0 spiro atoms. The zero-order valence-corrected chi connectivity index (χ0v) is 14.3. The number of rotatable bonds is 6. The minimum absolute atomic E-state index is 0.0675. The summed E-state index contributed by atoms with van der Waals surface area (Å²) in [6.45, 7) is 4.24. The number of hydrogen-bond acceptors (Lipinski definition) is 5. The van der Waals surface area contributed by atoms with Crippen LogP contribution in [-0.2, 0) is 5.75 Å². The Hall–Kier alpha value is -2.26. The van der Waals surface area contributed by atoms with Crippen molar-refractivity contribution in [1.82, 2.24) is 10.1 Å². The topological polar surface area (TPSA) is 70.1 Å². The SMILES string of the molecule is Cc1noc(C)c1CSc1ccccc1C(=O)N(C)CCC#N. The minimum atomic E-state index is -0.0675. The van der Waals surface area contributed by atoms with Crippen LogP contribution in [0.5, 0.6) is 0 Å². The summed E-state index contributed by atoms with van der Waals surface area (Å²) in [4.78, 5) is 15.0. The summed E-state index contributed by atoms with van der Waals surface area (Å²) in [5.74, 6) is 1.44. The first kappa shape index (κ1) is 17.1. The average Bonchev–Trinajstić information content (AvgIpc) is 2.88. The Labute approximate surface area is 140 Å². The third-order valence-corrected chi connectivity index (χ3v) is 4.68. The Kier molecular flexibility index (Phi) is 5.83. The molecule has 0 saturated carbocycles. The van der Waals surface area contributed by atoms with E-state index in [0.717, 1.165) is 21.9 Å². The summed E-state index contributed by atoms with van der Waals surface area (Å²) in [5, 5.41) is 12.6. The normalized spacial score (nSPS) is 10.3. The van der Waals surface area contributed by atoms with E-state index in [2.05, 4.69) is 11.2 Å². The van der Waals surface area contributed by atoms with Crippen LogP contribution in [0.15, 0.2) is 33.7 Å². The second kappa shape index (κ2) is 7.84. The van der Waals surface area contributed by atoms with E-state index in [4.69, 9.17) is 9.78 Å². The molecule has 0 unspecified atom stereocenters. The summed E-state index contributed by atoms with van der Waals surface area (Å²) in [6, 6.07) is 9.59. The summed E-state index contributed by atoms with van der Waals surface area (Å²) in [7, 11) is 1.72. The van der Waals surface area contributed by atoms with Gasteiger partial charge >= 0.3 is 0 Å². The Morgan fingerprint density at radius 2 is 2.13 bits per heavy atom. The lowest BCUT2D eigenvalue weighted by atomic mass is 10.2. The first-order chi connectivity index (χ1) is 11.0. The third-order valence-electron chi connectivity index (χ3n) is 3.58. The number of aromatic nitrogens is 1. The lowest BCUT2D eigenvalue weighted by Crippen LogP contribution is -2.28. The van der Waals surface area contributed by atoms with E-state index in [0.29, 0.717) is 24.3 Å². The van der Waals surface area contributed by atoms with Crippen molar-refractivity contribution in [3.8, 4) is 6.07 Å². The highest BCUT2D eigenvalue weighted by Crippen LogP contribution is 2.29. The summed E-state index contributed by atoms with van der Waals surface area (Å²) >= 11 is 1.59. The highest BCUT2D eigenvalue weighted by Gasteiger charge is 2.17. The lowest BCUT2D eigenvalue weighted by molar-refractivity contribution is 0.0794. The number of amides is 1. The predicted molar refractivity (Wildman–Crippen MR) is 89.2 cm³/mol. The van der Waals surface area contributed by atoms with Crippen molar-refractivity contribution in [2.75, 3.05) is 13.6 Å². The van der Waals surface area contributed by atoms with Gasteiger partial charge in [-0.2, -0.15) is 5.26 Å². The van der Waals surface area contributed by atoms with E-state index in [1.54, 1.807) is 23.7 Å². The number of thioether (sulfide) groups is 1. The molecule has 1 aromatic carbocycles. The molecule has 6 heteroatoms. The molecule has 0 fully saturated rings. The van der Waals surface area contributed by atoms with E-state index in [9.17, 15) is 4.79 Å². The molecule has 23 heavy (non-hydrogen) atoms. The fraction of sp³-hybridized carbons (Fsp3) is 0.353. The molecule has 1 amide bonds. The summed E-state index contributed by atoms with van der Waals surface area (Å²) in [5.41, 5.74) is 2.60. The Morgan fingerprint density at radius 3 is 2.78 bits per heavy atom. The zero-order valence-electron chi connectivity index (χ0n) is 13.5. The van der Waals surface area contributed by atoms with Crippen LogP contribution >= 0.6 is 11.8 Å². The van der Waals surface area contributed by atoms with Crippen molar-refractivity contribution in [3.05, 3.63) is 46.8 Å². The Morgan fingerprint density at radius 1 is 1.39 bits per heavy atom. The van der Waals surface area contributed by atoms with Crippen LogP contribution < -0.4 is 0 Å². The van der Waals surface area contributed by atoms with Crippen molar-refractivity contribution in [3.63, 3.8) is 0 Å². The van der Waals surface area contributed by atoms with Crippen molar-refractivity contribution in [2.24, 2.45) is 0 Å². The number of nitrogens with zero attached hydrogens (tertiary/aromatic N) is 3. The van der Waals surface area contributed by atoms with Gasteiger partial charge in [-0.1, -0.05) is 17.3 Å². The molecule has 0 bridgehead atoms. The fourth-order valence-electron chi connectivity index (χ4n) is 2.15. The van der Waals surface area contributed by atoms with Gasteiger partial charge in [0.05, 0.1) is 23.7 Å². The quantitative estimate of drug-likeness (QED) is 0.758. The van der Waals surface area contributed by atoms with Crippen molar-refractivity contribution < 1.29 is 9.32 Å². The van der Waals surface area contributed by atoms with Gasteiger partial charge in [0, 0.05) is 29.8 Å². The van der Waals surface area contributed by atoms with Gasteiger partial charge in [0.1, 0.15) is 5.76 Å². The fourth-order valence-corrected chi connectivity index (χ4v) is 3.35. The number of carbonyl (C=O) groups is 1. The van der Waals surface area contributed by atoms with Crippen LogP contribution in [-0.4, -0.2) is 29.6 Å². The molecule has 2 aromatic rings. The minimum Gasteiger partial charge on any atom is -0.361 e. The molecule has 0 saturated heterocycles. The molecule has 0 aliphatic rings. The van der Waals surface area contributed by atoms with Gasteiger partial charge < -0.3 is 9.42 Å². The Balaban J connectivity index is 2.14. The first-order valence-electron chi connectivity index (χ1n) is 7.30. The molecule has 1 aromatic heterocycles. The van der Waals surface area contributed by atoms with E-state index in [1.807, 2.05) is 38.1 Å². The van der Waals surface area contributed by atoms with E-state index < -0.39 is 0 Å². The van der Waals surface area contributed by atoms with Crippen LogP contribution in [0.3, 0.4) is 0 Å². The standard InChI is InChI=1S/C17H19N3O2S/c1-12-15(13(2)22-19-12)11-23-16-8-5-4-7-14(16)17(21)20(3)10-6-9-18/h4-5,7-8H,6,10-11H2,1-3H3. The number of benzene rings is 1. The zero-order chi connectivity index (χ0) is 16.8. The molecule has 1 heterocycles. The van der Waals surface area contributed by atoms with Gasteiger partial charge in [-0.05, 0) is 26.0 Å². The van der Waals surface area contributed by atoms with Gasteiger partial charge in [0.2, 0.25) is 0 Å². The van der Waals surface area contributed by atoms with E-state index in [-0.39, 0.29) is 5.91 Å². The van der Waals surface area contributed by atoms with Crippen LogP contribution in [0, 0.1) is 25.2 Å². The maximum Gasteiger partial charge on any atom is 0.254 e. The summed E-state index contributed by atoms with van der Waals surface area (Å²) in [6.07, 6.45) is 0.330. The third kappa shape index (κ3) is 4.14. The van der Waals surface area contributed by atoms with Crippen LogP contribution in [0.25, 0.3) is 0 Å². The molecular formula is C17H19N3O2S. The van der Waals surface area contributed by atoms with Crippen molar-refractivity contribution >= 4 is 17.7 Å². The monoisotopic (exact) mass is 329 g/mol. The largest absolute Gasteiger partial charge is 0.361 e. The molecule has 120 valence electrons. The maximum atomic E-state index is 12.5. The van der Waals surface area contributed by atoms with Crippen LogP contribution in [0.4, 0.5) is 0 Å². The summed E-state index contributed by atoms with van der Waals surface area (Å²) < 4.78 is 5.17. The average molecular weight is 329 g/mol. The van der Waals surface area contributed by atoms with Crippen LogP contribution in [0.1, 0.15) is 33.8 Å². The second-order valence-electron chi connectivity index (χ2n) is 5.22. The smallest absolute Gasteiger partial charge is 0.254 e. The number of carbonyl (C=O) groups excluding carboxylic acids is 1.